The maximum absolute atomic E-state index is 12.6. The van der Waals surface area contributed by atoms with Crippen LogP contribution in [0.4, 0.5) is 11.6 Å². The average molecular weight is 329 g/mol. The van der Waals surface area contributed by atoms with Gasteiger partial charge in [0.25, 0.3) is 5.91 Å². The van der Waals surface area contributed by atoms with Crippen LogP contribution in [-0.4, -0.2) is 29.7 Å². The molecule has 0 unspecified atom stereocenters. The Morgan fingerprint density at radius 1 is 1.42 bits per heavy atom. The lowest BCUT2D eigenvalue weighted by Crippen LogP contribution is -2.44. The Morgan fingerprint density at radius 2 is 2.17 bits per heavy atom. The van der Waals surface area contributed by atoms with E-state index in [9.17, 15) is 9.59 Å². The van der Waals surface area contributed by atoms with E-state index in [4.69, 9.17) is 15.0 Å². The van der Waals surface area contributed by atoms with Crippen molar-refractivity contribution in [1.82, 2.24) is 5.16 Å². The lowest BCUT2D eigenvalue weighted by Gasteiger charge is -2.35. The largest absolute Gasteiger partial charge is 0.452 e. The van der Waals surface area contributed by atoms with Crippen LogP contribution in [0.25, 0.3) is 0 Å². The number of amides is 1. The Bertz CT molecular complexity index is 764. The number of ether oxygens (including phenoxy) is 1. The maximum atomic E-state index is 12.6. The minimum atomic E-state index is -0.711. The van der Waals surface area contributed by atoms with E-state index in [0.717, 1.165) is 24.1 Å². The molecule has 0 aliphatic carbocycles. The topological polar surface area (TPSA) is 98.7 Å². The van der Waals surface area contributed by atoms with E-state index < -0.39 is 5.97 Å². The molecule has 3 rings (SSSR count). The number of benzene rings is 1. The molecular weight excluding hydrogens is 310 g/mol. The zero-order valence-electron chi connectivity index (χ0n) is 13.6. The molecule has 126 valence electrons. The third-order valence-corrected chi connectivity index (χ3v) is 4.21. The lowest BCUT2D eigenvalue weighted by molar-refractivity contribution is -0.122. The first kappa shape index (κ1) is 16.0. The molecule has 2 heterocycles. The van der Waals surface area contributed by atoms with Crippen LogP contribution >= 0.6 is 0 Å². The van der Waals surface area contributed by atoms with Crippen molar-refractivity contribution in [2.45, 2.75) is 32.7 Å². The number of nitrogens with two attached hydrogens (primary N) is 1. The zero-order chi connectivity index (χ0) is 17.3. The Labute approximate surface area is 139 Å². The second-order valence-electron chi connectivity index (χ2n) is 5.86. The quantitative estimate of drug-likeness (QED) is 0.866. The predicted molar refractivity (Wildman–Crippen MR) is 87.6 cm³/mol. The molecule has 1 amide bonds. The molecule has 0 radical (unpaired) electrons. The van der Waals surface area contributed by atoms with E-state index in [2.05, 4.69) is 5.16 Å². The number of anilines is 2. The predicted octanol–water partition coefficient (Wildman–Crippen LogP) is 2.09. The van der Waals surface area contributed by atoms with Crippen LogP contribution in [0.1, 0.15) is 35.0 Å². The average Bonchev–Trinajstić information content (AvgIpc) is 2.91. The standard InChI is InChI=1S/C17H19N3O4/c1-10-7-8-12-5-3-4-6-13(12)20(10)14(21)9-23-17(22)15-11(2)19-24-16(15)18/h3-6,10H,7-9,18H2,1-2H3/t10-/m1/s1. The number of carbonyl (C=O) groups excluding carboxylic acids is 2. The fraction of sp³-hybridized carbons (Fsp3) is 0.353. The lowest BCUT2D eigenvalue weighted by atomic mass is 9.96. The highest BCUT2D eigenvalue weighted by atomic mass is 16.5. The SMILES string of the molecule is Cc1noc(N)c1C(=O)OCC(=O)N1c2ccccc2CC[C@H]1C. The molecule has 0 bridgehead atoms. The maximum Gasteiger partial charge on any atom is 0.346 e. The molecular formula is C17H19N3O4. The summed E-state index contributed by atoms with van der Waals surface area (Å²) in [6, 6.07) is 7.81. The highest BCUT2D eigenvalue weighted by molar-refractivity contribution is 5.99. The first-order chi connectivity index (χ1) is 11.5. The molecule has 24 heavy (non-hydrogen) atoms. The van der Waals surface area contributed by atoms with Crippen LogP contribution < -0.4 is 10.6 Å². The molecule has 0 fully saturated rings. The smallest absolute Gasteiger partial charge is 0.346 e. The number of rotatable bonds is 3. The van der Waals surface area contributed by atoms with Crippen LogP contribution in [0.15, 0.2) is 28.8 Å². The van der Waals surface area contributed by atoms with Gasteiger partial charge in [-0.2, -0.15) is 0 Å². The first-order valence-corrected chi connectivity index (χ1v) is 7.78. The van der Waals surface area contributed by atoms with E-state index in [1.165, 1.54) is 0 Å². The Morgan fingerprint density at radius 3 is 2.88 bits per heavy atom. The summed E-state index contributed by atoms with van der Waals surface area (Å²) in [5, 5.41) is 3.60. The number of nitrogens with zero attached hydrogens (tertiary/aromatic N) is 2. The van der Waals surface area contributed by atoms with Crippen molar-refractivity contribution >= 4 is 23.4 Å². The summed E-state index contributed by atoms with van der Waals surface area (Å²) in [4.78, 5) is 26.4. The summed E-state index contributed by atoms with van der Waals surface area (Å²) in [6.45, 7) is 3.21. The third kappa shape index (κ3) is 2.84. The van der Waals surface area contributed by atoms with Gasteiger partial charge in [0.05, 0.1) is 5.69 Å². The number of fused-ring (bicyclic) bond motifs is 1. The Hall–Kier alpha value is -2.83. The number of nitrogen functional groups attached to an aromatic ring is 1. The monoisotopic (exact) mass is 329 g/mol. The number of para-hydroxylation sites is 1. The van der Waals surface area contributed by atoms with E-state index in [0.29, 0.717) is 5.69 Å². The van der Waals surface area contributed by atoms with Crippen LogP contribution in [0.2, 0.25) is 0 Å². The first-order valence-electron chi connectivity index (χ1n) is 7.78. The van der Waals surface area contributed by atoms with Gasteiger partial charge in [-0.05, 0) is 38.3 Å². The number of aromatic nitrogens is 1. The highest BCUT2D eigenvalue weighted by Crippen LogP contribution is 2.30. The summed E-state index contributed by atoms with van der Waals surface area (Å²) in [7, 11) is 0. The van der Waals surface area contributed by atoms with E-state index in [1.54, 1.807) is 11.8 Å². The number of hydrogen-bond acceptors (Lipinski definition) is 6. The van der Waals surface area contributed by atoms with Crippen molar-refractivity contribution in [3.63, 3.8) is 0 Å². The summed E-state index contributed by atoms with van der Waals surface area (Å²) in [5.41, 5.74) is 7.94. The minimum Gasteiger partial charge on any atom is -0.452 e. The second-order valence-corrected chi connectivity index (χ2v) is 5.86. The molecule has 0 saturated carbocycles. The van der Waals surface area contributed by atoms with Crippen LogP contribution in [0.3, 0.4) is 0 Å². The van der Waals surface area contributed by atoms with Crippen molar-refractivity contribution in [3.8, 4) is 0 Å². The van der Waals surface area contributed by atoms with Crippen LogP contribution in [-0.2, 0) is 16.0 Å². The van der Waals surface area contributed by atoms with Gasteiger partial charge >= 0.3 is 5.97 Å². The summed E-state index contributed by atoms with van der Waals surface area (Å²) in [6.07, 6.45) is 1.80. The zero-order valence-corrected chi connectivity index (χ0v) is 13.6. The van der Waals surface area contributed by atoms with Gasteiger partial charge in [-0.15, -0.1) is 0 Å². The van der Waals surface area contributed by atoms with Crippen molar-refractivity contribution < 1.29 is 18.8 Å². The fourth-order valence-electron chi connectivity index (χ4n) is 2.97. The number of hydrogen-bond donors (Lipinski definition) is 1. The summed E-state index contributed by atoms with van der Waals surface area (Å²) in [5.74, 6) is -1.09. The molecule has 7 heteroatoms. The second kappa shape index (κ2) is 6.35. The summed E-state index contributed by atoms with van der Waals surface area (Å²) >= 11 is 0. The molecule has 0 spiro atoms. The van der Waals surface area contributed by atoms with E-state index >= 15 is 0 Å². The minimum absolute atomic E-state index is 0.0495. The molecule has 1 aromatic carbocycles. The fourth-order valence-corrected chi connectivity index (χ4v) is 2.97. The highest BCUT2D eigenvalue weighted by Gasteiger charge is 2.29. The van der Waals surface area contributed by atoms with Crippen molar-refractivity contribution in [2.24, 2.45) is 0 Å². The molecule has 1 aromatic heterocycles. The van der Waals surface area contributed by atoms with Gasteiger partial charge in [0.2, 0.25) is 5.88 Å². The third-order valence-electron chi connectivity index (χ3n) is 4.21. The van der Waals surface area contributed by atoms with E-state index in [-0.39, 0.29) is 30.0 Å². The molecule has 1 aliphatic heterocycles. The molecule has 7 nitrogen and oxygen atoms in total. The van der Waals surface area contributed by atoms with Crippen molar-refractivity contribution in [2.75, 3.05) is 17.2 Å². The van der Waals surface area contributed by atoms with Gasteiger partial charge in [0, 0.05) is 11.7 Å². The van der Waals surface area contributed by atoms with Crippen molar-refractivity contribution in [1.29, 1.82) is 0 Å². The number of aryl methyl sites for hydroxylation is 2. The van der Waals surface area contributed by atoms with Crippen LogP contribution in [0.5, 0.6) is 0 Å². The number of carbonyl (C=O) groups is 2. The van der Waals surface area contributed by atoms with Gasteiger partial charge in [0.1, 0.15) is 5.56 Å². The molecule has 1 atom stereocenters. The van der Waals surface area contributed by atoms with Gasteiger partial charge in [-0.25, -0.2) is 4.79 Å². The van der Waals surface area contributed by atoms with Crippen molar-refractivity contribution in [3.05, 3.63) is 41.1 Å². The van der Waals surface area contributed by atoms with E-state index in [1.807, 2.05) is 31.2 Å². The van der Waals surface area contributed by atoms with Crippen LogP contribution in [0, 0.1) is 6.92 Å². The summed E-state index contributed by atoms with van der Waals surface area (Å²) < 4.78 is 9.85. The normalized spacial score (nSPS) is 16.6. The Balaban J connectivity index is 1.73. The van der Waals surface area contributed by atoms with Gasteiger partial charge in [-0.3, -0.25) is 4.79 Å². The van der Waals surface area contributed by atoms with Gasteiger partial charge in [-0.1, -0.05) is 23.4 Å². The number of esters is 1. The van der Waals surface area contributed by atoms with Gasteiger partial charge in [0.15, 0.2) is 6.61 Å². The van der Waals surface area contributed by atoms with Gasteiger partial charge < -0.3 is 19.9 Å². The molecule has 2 N–H and O–H groups in total. The molecule has 1 aliphatic rings. The Kier molecular flexibility index (Phi) is 4.24. The molecule has 2 aromatic rings. The molecule has 0 saturated heterocycles.